The Hall–Kier alpha value is -1.31. The number of methoxy groups -OCH3 is 1. The Balaban J connectivity index is 2.35. The second kappa shape index (κ2) is 4.42. The number of hydrogen-bond donors (Lipinski definition) is 3. The van der Waals surface area contributed by atoms with Crippen molar-refractivity contribution >= 4 is 15.7 Å². The lowest BCUT2D eigenvalue weighted by Crippen LogP contribution is -2.39. The van der Waals surface area contributed by atoms with Crippen molar-refractivity contribution in [3.05, 3.63) is 18.2 Å². The van der Waals surface area contributed by atoms with E-state index in [4.69, 9.17) is 15.6 Å². The van der Waals surface area contributed by atoms with Gasteiger partial charge in [-0.05, 0) is 25.0 Å². The van der Waals surface area contributed by atoms with Crippen molar-refractivity contribution in [3.63, 3.8) is 0 Å². The molecular formula is C11H16N2O4S. The first-order valence-corrected chi connectivity index (χ1v) is 6.99. The molecule has 0 radical (unpaired) electrons. The largest absolute Gasteiger partial charge is 0.495 e. The molecule has 0 bridgehead atoms. The topological polar surface area (TPSA) is 102 Å². The molecule has 0 spiro atoms. The molecule has 1 aliphatic rings. The van der Waals surface area contributed by atoms with Gasteiger partial charge in [0.25, 0.3) is 0 Å². The van der Waals surface area contributed by atoms with Crippen LogP contribution in [-0.4, -0.2) is 32.8 Å². The minimum absolute atomic E-state index is 0.0268. The lowest BCUT2D eigenvalue weighted by Gasteiger charge is -2.16. The Labute approximate surface area is 106 Å². The van der Waals surface area contributed by atoms with E-state index in [0.717, 1.165) is 0 Å². The van der Waals surface area contributed by atoms with Crippen molar-refractivity contribution in [2.24, 2.45) is 0 Å². The Bertz CT molecular complexity index is 552. The van der Waals surface area contributed by atoms with Crippen LogP contribution in [0.2, 0.25) is 0 Å². The van der Waals surface area contributed by atoms with Gasteiger partial charge in [0.2, 0.25) is 10.0 Å². The van der Waals surface area contributed by atoms with Crippen LogP contribution in [0.3, 0.4) is 0 Å². The summed E-state index contributed by atoms with van der Waals surface area (Å²) < 4.78 is 31.9. The van der Waals surface area contributed by atoms with Crippen molar-refractivity contribution < 1.29 is 18.3 Å². The van der Waals surface area contributed by atoms with Gasteiger partial charge in [-0.15, -0.1) is 0 Å². The second-order valence-electron chi connectivity index (χ2n) is 4.45. The van der Waals surface area contributed by atoms with E-state index in [0.29, 0.717) is 18.5 Å². The fourth-order valence-electron chi connectivity index (χ4n) is 1.69. The van der Waals surface area contributed by atoms with Crippen LogP contribution in [0, 0.1) is 0 Å². The third kappa shape index (κ3) is 2.43. The second-order valence-corrected chi connectivity index (χ2v) is 6.11. The molecule has 2 rings (SSSR count). The van der Waals surface area contributed by atoms with Crippen LogP contribution in [0.1, 0.15) is 12.8 Å². The maximum Gasteiger partial charge on any atom is 0.244 e. The van der Waals surface area contributed by atoms with Crippen molar-refractivity contribution in [2.45, 2.75) is 23.3 Å². The molecule has 0 unspecified atom stereocenters. The first-order chi connectivity index (χ1) is 8.42. The molecule has 7 heteroatoms. The maximum atomic E-state index is 12.2. The number of anilines is 1. The Morgan fingerprint density at radius 1 is 1.50 bits per heavy atom. The molecular weight excluding hydrogens is 256 g/mol. The van der Waals surface area contributed by atoms with Gasteiger partial charge in [-0.2, -0.15) is 0 Å². The molecule has 0 saturated heterocycles. The fraction of sp³-hybridized carbons (Fsp3) is 0.455. The summed E-state index contributed by atoms with van der Waals surface area (Å²) in [5.41, 5.74) is 5.30. The third-order valence-corrected chi connectivity index (χ3v) is 4.60. The number of nitrogen functional groups attached to an aromatic ring is 1. The number of hydrogen-bond acceptors (Lipinski definition) is 5. The molecule has 0 aliphatic heterocycles. The van der Waals surface area contributed by atoms with Crippen LogP contribution in [-0.2, 0) is 10.0 Å². The van der Waals surface area contributed by atoms with Crippen LogP contribution < -0.4 is 15.2 Å². The molecule has 1 aromatic rings. The first kappa shape index (κ1) is 13.1. The number of sulfonamides is 1. The summed E-state index contributed by atoms with van der Waals surface area (Å²) in [4.78, 5) is 0.0268. The maximum absolute atomic E-state index is 12.2. The summed E-state index contributed by atoms with van der Waals surface area (Å²) in [5, 5.41) is 9.16. The van der Waals surface area contributed by atoms with Gasteiger partial charge in [0.05, 0.1) is 19.3 Å². The molecule has 4 N–H and O–H groups in total. The Morgan fingerprint density at radius 3 is 2.67 bits per heavy atom. The van der Waals surface area contributed by atoms with Gasteiger partial charge < -0.3 is 15.6 Å². The number of aliphatic hydroxyl groups excluding tert-OH is 1. The summed E-state index contributed by atoms with van der Waals surface area (Å²) in [5.74, 6) is 0.191. The molecule has 100 valence electrons. The van der Waals surface area contributed by atoms with E-state index < -0.39 is 15.6 Å². The van der Waals surface area contributed by atoms with Gasteiger partial charge in [-0.1, -0.05) is 0 Å². The van der Waals surface area contributed by atoms with E-state index in [-0.39, 0.29) is 17.3 Å². The number of rotatable bonds is 5. The summed E-state index contributed by atoms with van der Waals surface area (Å²) in [6.07, 6.45) is 1.28. The average Bonchev–Trinajstić information content (AvgIpc) is 3.08. The molecule has 18 heavy (non-hydrogen) atoms. The number of aliphatic hydroxyl groups is 1. The number of nitrogens with one attached hydrogen (secondary N) is 1. The van der Waals surface area contributed by atoms with Crippen molar-refractivity contribution in [1.29, 1.82) is 0 Å². The molecule has 1 saturated carbocycles. The normalized spacial score (nSPS) is 17.4. The summed E-state index contributed by atoms with van der Waals surface area (Å²) in [7, 11) is -2.34. The third-order valence-electron chi connectivity index (χ3n) is 2.98. The summed E-state index contributed by atoms with van der Waals surface area (Å²) in [6.45, 7) is -0.205. The highest BCUT2D eigenvalue weighted by molar-refractivity contribution is 7.89. The standard InChI is InChI=1S/C11H16N2O4S/c1-17-9-6-8(12)2-3-10(9)18(15,16)13-11(7-14)4-5-11/h2-3,6,13-14H,4-5,7,12H2,1H3. The Kier molecular flexibility index (Phi) is 3.22. The molecule has 1 aliphatic carbocycles. The van der Waals surface area contributed by atoms with Crippen LogP contribution >= 0.6 is 0 Å². The van der Waals surface area contributed by atoms with Crippen molar-refractivity contribution in [2.75, 3.05) is 19.5 Å². The van der Waals surface area contributed by atoms with E-state index in [1.165, 1.54) is 25.3 Å². The average molecular weight is 272 g/mol. The molecule has 0 atom stereocenters. The molecule has 6 nitrogen and oxygen atoms in total. The summed E-state index contributed by atoms with van der Waals surface area (Å²) >= 11 is 0. The van der Waals surface area contributed by atoms with Crippen LogP contribution in [0.4, 0.5) is 5.69 Å². The minimum atomic E-state index is -3.72. The quantitative estimate of drug-likeness (QED) is 0.659. The van der Waals surface area contributed by atoms with E-state index in [2.05, 4.69) is 4.72 Å². The van der Waals surface area contributed by atoms with E-state index in [9.17, 15) is 8.42 Å². The highest BCUT2D eigenvalue weighted by Crippen LogP contribution is 2.37. The minimum Gasteiger partial charge on any atom is -0.495 e. The molecule has 0 amide bonds. The van der Waals surface area contributed by atoms with E-state index in [1.807, 2.05) is 0 Å². The van der Waals surface area contributed by atoms with Gasteiger partial charge in [0, 0.05) is 11.8 Å². The molecule has 1 fully saturated rings. The lowest BCUT2D eigenvalue weighted by atomic mass is 10.3. The highest BCUT2D eigenvalue weighted by Gasteiger charge is 2.46. The van der Waals surface area contributed by atoms with Gasteiger partial charge in [0.15, 0.2) is 0 Å². The highest BCUT2D eigenvalue weighted by atomic mass is 32.2. The van der Waals surface area contributed by atoms with Gasteiger partial charge >= 0.3 is 0 Å². The number of nitrogens with two attached hydrogens (primary N) is 1. The number of ether oxygens (including phenoxy) is 1. The SMILES string of the molecule is COc1cc(N)ccc1S(=O)(=O)NC1(CO)CC1. The van der Waals surface area contributed by atoms with Crippen molar-refractivity contribution in [3.8, 4) is 5.75 Å². The molecule has 1 aromatic carbocycles. The van der Waals surface area contributed by atoms with Gasteiger partial charge in [0.1, 0.15) is 10.6 Å². The Morgan fingerprint density at radius 2 is 2.17 bits per heavy atom. The van der Waals surface area contributed by atoms with Crippen molar-refractivity contribution in [1.82, 2.24) is 4.72 Å². The summed E-state index contributed by atoms with van der Waals surface area (Å²) in [6, 6.07) is 4.34. The van der Waals surface area contributed by atoms with Crippen LogP contribution in [0.5, 0.6) is 5.75 Å². The predicted octanol–water partition coefficient (Wildman–Crippen LogP) is 0.0806. The number of benzene rings is 1. The zero-order valence-electron chi connectivity index (χ0n) is 10.0. The smallest absolute Gasteiger partial charge is 0.244 e. The zero-order valence-corrected chi connectivity index (χ0v) is 10.8. The molecule has 0 aromatic heterocycles. The first-order valence-electron chi connectivity index (χ1n) is 5.51. The van der Waals surface area contributed by atoms with E-state index >= 15 is 0 Å². The van der Waals surface area contributed by atoms with Gasteiger partial charge in [-0.25, -0.2) is 13.1 Å². The van der Waals surface area contributed by atoms with Crippen LogP contribution in [0.25, 0.3) is 0 Å². The van der Waals surface area contributed by atoms with Gasteiger partial charge in [-0.3, -0.25) is 0 Å². The predicted molar refractivity (Wildman–Crippen MR) is 66.8 cm³/mol. The molecule has 0 heterocycles. The van der Waals surface area contributed by atoms with E-state index in [1.54, 1.807) is 0 Å². The fourth-order valence-corrected chi connectivity index (χ4v) is 3.29. The monoisotopic (exact) mass is 272 g/mol. The van der Waals surface area contributed by atoms with Crippen LogP contribution in [0.15, 0.2) is 23.1 Å². The lowest BCUT2D eigenvalue weighted by molar-refractivity contribution is 0.246. The zero-order chi connectivity index (χ0) is 13.4.